The molecule has 120 valence electrons. The van der Waals surface area contributed by atoms with E-state index < -0.39 is 6.36 Å². The average Bonchev–Trinajstić information content (AvgIpc) is 2.41. The second kappa shape index (κ2) is 8.93. The van der Waals surface area contributed by atoms with E-state index in [-0.39, 0.29) is 11.8 Å². The lowest BCUT2D eigenvalue weighted by Crippen LogP contribution is -2.17. The van der Waals surface area contributed by atoms with Crippen molar-refractivity contribution in [3.05, 3.63) is 29.8 Å². The summed E-state index contributed by atoms with van der Waals surface area (Å²) in [4.78, 5) is 0. The Bertz CT molecular complexity index is 407. The molecule has 0 aromatic heterocycles. The molecule has 0 heterocycles. The summed E-state index contributed by atoms with van der Waals surface area (Å²) in [6, 6.07) is 5.69. The van der Waals surface area contributed by atoms with Crippen LogP contribution in [-0.2, 0) is 0 Å². The van der Waals surface area contributed by atoms with E-state index >= 15 is 0 Å². The molecular weight excluding hydrogens is 279 g/mol. The van der Waals surface area contributed by atoms with Crippen LogP contribution in [0.3, 0.4) is 0 Å². The molecule has 1 aromatic carbocycles. The molecule has 1 unspecified atom stereocenters. The third-order valence-corrected chi connectivity index (χ3v) is 3.39. The summed E-state index contributed by atoms with van der Waals surface area (Å²) in [7, 11) is 0. The number of hydrogen-bond acceptors (Lipinski definition) is 2. The van der Waals surface area contributed by atoms with Crippen LogP contribution in [0.25, 0.3) is 0 Å². The number of benzene rings is 1. The Morgan fingerprint density at radius 3 is 2.43 bits per heavy atom. The van der Waals surface area contributed by atoms with E-state index in [9.17, 15) is 13.2 Å². The first-order valence-corrected chi connectivity index (χ1v) is 7.53. The van der Waals surface area contributed by atoms with Crippen LogP contribution in [0.15, 0.2) is 24.3 Å². The summed E-state index contributed by atoms with van der Waals surface area (Å²) in [5.74, 6) is -0.210. The Labute approximate surface area is 124 Å². The van der Waals surface area contributed by atoms with Gasteiger partial charge in [-0.05, 0) is 24.1 Å². The molecule has 0 saturated heterocycles. The molecule has 0 amide bonds. The molecular formula is C16H24F3NO. The lowest BCUT2D eigenvalue weighted by molar-refractivity contribution is -0.274. The largest absolute Gasteiger partial charge is 0.573 e. The average molecular weight is 303 g/mol. The Kier molecular flexibility index (Phi) is 7.57. The first kappa shape index (κ1) is 17.8. The molecule has 0 fully saturated rings. The first-order chi connectivity index (χ1) is 9.92. The van der Waals surface area contributed by atoms with Gasteiger partial charge in [0.25, 0.3) is 0 Å². The van der Waals surface area contributed by atoms with E-state index in [0.29, 0.717) is 5.56 Å². The molecule has 2 nitrogen and oxygen atoms in total. The van der Waals surface area contributed by atoms with Gasteiger partial charge in [0.1, 0.15) is 5.75 Å². The third-order valence-electron chi connectivity index (χ3n) is 3.39. The van der Waals surface area contributed by atoms with Gasteiger partial charge in [0.15, 0.2) is 0 Å². The standard InChI is InChI=1S/C16H24F3NO/c1-2-3-4-5-6-7-11-15(20)13-9-8-10-14(12-13)21-16(17,18)19/h8-10,12,15H,2-7,11,20H2,1H3. The number of rotatable bonds is 9. The van der Waals surface area contributed by atoms with Crippen molar-refractivity contribution in [2.45, 2.75) is 64.3 Å². The molecule has 21 heavy (non-hydrogen) atoms. The monoisotopic (exact) mass is 303 g/mol. The van der Waals surface area contributed by atoms with Crippen LogP contribution < -0.4 is 10.5 Å². The van der Waals surface area contributed by atoms with E-state index in [1.165, 1.54) is 43.9 Å². The lowest BCUT2D eigenvalue weighted by Gasteiger charge is -2.14. The van der Waals surface area contributed by atoms with E-state index in [0.717, 1.165) is 19.3 Å². The fourth-order valence-electron chi connectivity index (χ4n) is 2.25. The summed E-state index contributed by atoms with van der Waals surface area (Å²) in [6.07, 6.45) is 3.12. The van der Waals surface area contributed by atoms with Gasteiger partial charge in [0.05, 0.1) is 0 Å². The van der Waals surface area contributed by atoms with E-state index in [4.69, 9.17) is 5.73 Å². The van der Waals surface area contributed by atoms with Crippen molar-refractivity contribution in [3.63, 3.8) is 0 Å². The number of alkyl halides is 3. The maximum Gasteiger partial charge on any atom is 0.573 e. The van der Waals surface area contributed by atoms with E-state index in [2.05, 4.69) is 11.7 Å². The second-order valence-corrected chi connectivity index (χ2v) is 5.28. The van der Waals surface area contributed by atoms with Crippen molar-refractivity contribution < 1.29 is 17.9 Å². The molecule has 0 aliphatic carbocycles. The van der Waals surface area contributed by atoms with Gasteiger partial charge in [-0.15, -0.1) is 13.2 Å². The summed E-state index contributed by atoms with van der Waals surface area (Å²) in [6.45, 7) is 2.17. The zero-order valence-electron chi connectivity index (χ0n) is 12.5. The van der Waals surface area contributed by atoms with Crippen molar-refractivity contribution >= 4 is 0 Å². The van der Waals surface area contributed by atoms with Crippen molar-refractivity contribution in [2.24, 2.45) is 5.73 Å². The Hall–Kier alpha value is -1.23. The van der Waals surface area contributed by atoms with Crippen molar-refractivity contribution in [2.75, 3.05) is 0 Å². The van der Waals surface area contributed by atoms with Gasteiger partial charge in [0.2, 0.25) is 0 Å². The highest BCUT2D eigenvalue weighted by Gasteiger charge is 2.31. The fraction of sp³-hybridized carbons (Fsp3) is 0.625. The number of hydrogen-bond donors (Lipinski definition) is 1. The SMILES string of the molecule is CCCCCCCCC(N)c1cccc(OC(F)(F)F)c1. The van der Waals surface area contributed by atoms with Gasteiger partial charge < -0.3 is 10.5 Å². The molecule has 5 heteroatoms. The molecule has 0 radical (unpaired) electrons. The van der Waals surface area contributed by atoms with Crippen molar-refractivity contribution in [3.8, 4) is 5.75 Å². The number of ether oxygens (including phenoxy) is 1. The summed E-state index contributed by atoms with van der Waals surface area (Å²) in [5.41, 5.74) is 6.72. The molecule has 2 N–H and O–H groups in total. The topological polar surface area (TPSA) is 35.2 Å². The van der Waals surface area contributed by atoms with Crippen molar-refractivity contribution in [1.29, 1.82) is 0 Å². The maximum absolute atomic E-state index is 12.2. The van der Waals surface area contributed by atoms with Crippen LogP contribution in [0.2, 0.25) is 0 Å². The number of halogens is 3. The fourth-order valence-corrected chi connectivity index (χ4v) is 2.25. The maximum atomic E-state index is 12.2. The zero-order chi connectivity index (χ0) is 15.7. The molecule has 0 bridgehead atoms. The molecule has 1 aromatic rings. The molecule has 1 atom stereocenters. The highest BCUT2D eigenvalue weighted by molar-refractivity contribution is 5.30. The normalized spacial score (nSPS) is 13.2. The van der Waals surface area contributed by atoms with E-state index in [1.807, 2.05) is 0 Å². The minimum atomic E-state index is -4.66. The van der Waals surface area contributed by atoms with Crippen LogP contribution in [-0.4, -0.2) is 6.36 Å². The van der Waals surface area contributed by atoms with Gasteiger partial charge in [0, 0.05) is 6.04 Å². The Balaban J connectivity index is 2.40. The molecule has 1 rings (SSSR count). The minimum absolute atomic E-state index is 0.210. The van der Waals surface area contributed by atoms with Crippen molar-refractivity contribution in [1.82, 2.24) is 0 Å². The predicted octanol–water partition coefficient (Wildman–Crippen LogP) is 5.34. The minimum Gasteiger partial charge on any atom is -0.406 e. The summed E-state index contributed by atoms with van der Waals surface area (Å²) in [5, 5.41) is 0. The molecule has 0 aliphatic rings. The predicted molar refractivity (Wildman–Crippen MR) is 78.0 cm³/mol. The van der Waals surface area contributed by atoms with Gasteiger partial charge in [-0.2, -0.15) is 0 Å². The number of unbranched alkanes of at least 4 members (excludes halogenated alkanes) is 5. The van der Waals surface area contributed by atoms with Crippen LogP contribution in [0.4, 0.5) is 13.2 Å². The van der Waals surface area contributed by atoms with Crippen LogP contribution in [0, 0.1) is 0 Å². The third kappa shape index (κ3) is 7.95. The van der Waals surface area contributed by atoms with Crippen LogP contribution in [0.1, 0.15) is 63.5 Å². The van der Waals surface area contributed by atoms with Gasteiger partial charge in [-0.3, -0.25) is 0 Å². The number of nitrogens with two attached hydrogens (primary N) is 1. The summed E-state index contributed by atoms with van der Waals surface area (Å²) < 4.78 is 40.4. The molecule has 0 saturated carbocycles. The van der Waals surface area contributed by atoms with E-state index in [1.54, 1.807) is 6.07 Å². The second-order valence-electron chi connectivity index (χ2n) is 5.28. The Morgan fingerprint density at radius 2 is 1.76 bits per heavy atom. The van der Waals surface area contributed by atoms with Gasteiger partial charge in [-0.1, -0.05) is 57.6 Å². The quantitative estimate of drug-likeness (QED) is 0.625. The smallest absolute Gasteiger partial charge is 0.406 e. The summed E-state index contributed by atoms with van der Waals surface area (Å²) >= 11 is 0. The van der Waals surface area contributed by atoms with Crippen LogP contribution >= 0.6 is 0 Å². The van der Waals surface area contributed by atoms with Gasteiger partial charge in [-0.25, -0.2) is 0 Å². The molecule has 0 spiro atoms. The highest BCUT2D eigenvalue weighted by atomic mass is 19.4. The van der Waals surface area contributed by atoms with Crippen LogP contribution in [0.5, 0.6) is 5.75 Å². The first-order valence-electron chi connectivity index (χ1n) is 7.53. The zero-order valence-corrected chi connectivity index (χ0v) is 12.5. The highest BCUT2D eigenvalue weighted by Crippen LogP contribution is 2.26. The van der Waals surface area contributed by atoms with Gasteiger partial charge >= 0.3 is 6.36 Å². The lowest BCUT2D eigenvalue weighted by atomic mass is 10.0. The Morgan fingerprint density at radius 1 is 1.10 bits per heavy atom. The molecule has 0 aliphatic heterocycles.